The first-order valence-corrected chi connectivity index (χ1v) is 6.67. The molecule has 2 rings (SSSR count). The van der Waals surface area contributed by atoms with Gasteiger partial charge in [-0.05, 0) is 18.6 Å². The molecule has 0 fully saturated rings. The van der Waals surface area contributed by atoms with E-state index in [2.05, 4.69) is 0 Å². The molecule has 1 unspecified atom stereocenters. The minimum atomic E-state index is -0.160. The number of likely N-dealkylation sites (N-methyl/N-ethyl adjacent to an activating group) is 1. The molecule has 0 bridgehead atoms. The average molecular weight is 269 g/mol. The number of nitrogens with zero attached hydrogens (tertiary/aromatic N) is 1. The van der Waals surface area contributed by atoms with Gasteiger partial charge in [-0.3, -0.25) is 4.79 Å². The largest absolute Gasteiger partial charge is 0.508 e. The maximum Gasteiger partial charge on any atom is 0.227 e. The Bertz CT molecular complexity index is 581. The smallest absolute Gasteiger partial charge is 0.227 e. The summed E-state index contributed by atoms with van der Waals surface area (Å²) in [7, 11) is 1.77. The zero-order chi connectivity index (χ0) is 14.5. The number of carbonyl (C=O) groups is 1. The molecular weight excluding hydrogens is 250 g/mol. The highest BCUT2D eigenvalue weighted by atomic mass is 16.3. The second-order valence-corrected chi connectivity index (χ2v) is 4.90. The molecule has 1 N–H and O–H groups in total. The van der Waals surface area contributed by atoms with Gasteiger partial charge in [0.1, 0.15) is 5.75 Å². The van der Waals surface area contributed by atoms with Crippen molar-refractivity contribution in [2.45, 2.75) is 19.4 Å². The number of benzene rings is 2. The maximum absolute atomic E-state index is 12.3. The molecule has 104 valence electrons. The third-order valence-corrected chi connectivity index (χ3v) is 3.56. The van der Waals surface area contributed by atoms with Gasteiger partial charge in [0.25, 0.3) is 0 Å². The van der Waals surface area contributed by atoms with E-state index in [1.807, 2.05) is 49.4 Å². The van der Waals surface area contributed by atoms with E-state index >= 15 is 0 Å². The standard InChI is InChI=1S/C17H19NO2/c1-13(15-10-6-7-11-16(15)19)18(2)17(20)12-14-8-4-3-5-9-14/h3-11,13,19H,12H2,1-2H3. The van der Waals surface area contributed by atoms with Crippen molar-refractivity contribution >= 4 is 5.91 Å². The molecule has 0 heterocycles. The zero-order valence-electron chi connectivity index (χ0n) is 11.8. The topological polar surface area (TPSA) is 40.5 Å². The van der Waals surface area contributed by atoms with Gasteiger partial charge < -0.3 is 10.0 Å². The number of phenolic OH excluding ortho intramolecular Hbond substituents is 1. The molecule has 1 atom stereocenters. The summed E-state index contributed by atoms with van der Waals surface area (Å²) in [5.41, 5.74) is 1.75. The van der Waals surface area contributed by atoms with E-state index in [0.29, 0.717) is 6.42 Å². The molecule has 0 aliphatic carbocycles. The number of carbonyl (C=O) groups excluding carboxylic acids is 1. The lowest BCUT2D eigenvalue weighted by Crippen LogP contribution is -2.31. The second kappa shape index (κ2) is 6.24. The Labute approximate surface area is 119 Å². The molecule has 2 aromatic rings. The fourth-order valence-corrected chi connectivity index (χ4v) is 2.16. The van der Waals surface area contributed by atoms with Gasteiger partial charge in [0.2, 0.25) is 5.91 Å². The van der Waals surface area contributed by atoms with E-state index < -0.39 is 0 Å². The highest BCUT2D eigenvalue weighted by Crippen LogP contribution is 2.27. The van der Waals surface area contributed by atoms with Crippen molar-refractivity contribution in [3.8, 4) is 5.75 Å². The number of phenols is 1. The van der Waals surface area contributed by atoms with Crippen molar-refractivity contribution in [3.63, 3.8) is 0 Å². The zero-order valence-corrected chi connectivity index (χ0v) is 11.8. The van der Waals surface area contributed by atoms with Gasteiger partial charge in [-0.25, -0.2) is 0 Å². The predicted octanol–water partition coefficient (Wildman–Crippen LogP) is 3.15. The molecule has 0 spiro atoms. The van der Waals surface area contributed by atoms with Crippen LogP contribution in [-0.2, 0) is 11.2 Å². The van der Waals surface area contributed by atoms with Crippen LogP contribution in [0.1, 0.15) is 24.1 Å². The Balaban J connectivity index is 2.09. The molecule has 3 nitrogen and oxygen atoms in total. The Morgan fingerprint density at radius 3 is 2.35 bits per heavy atom. The fraction of sp³-hybridized carbons (Fsp3) is 0.235. The molecule has 0 aliphatic heterocycles. The molecule has 0 saturated heterocycles. The second-order valence-electron chi connectivity index (χ2n) is 4.90. The van der Waals surface area contributed by atoms with E-state index in [9.17, 15) is 9.90 Å². The van der Waals surface area contributed by atoms with Crippen LogP contribution in [0.2, 0.25) is 0 Å². The van der Waals surface area contributed by atoms with E-state index in [1.165, 1.54) is 0 Å². The van der Waals surface area contributed by atoms with Gasteiger partial charge in [0.15, 0.2) is 0 Å². The van der Waals surface area contributed by atoms with Crippen LogP contribution in [0.15, 0.2) is 54.6 Å². The van der Waals surface area contributed by atoms with E-state index in [4.69, 9.17) is 0 Å². The van der Waals surface area contributed by atoms with Crippen LogP contribution in [0.5, 0.6) is 5.75 Å². The fourth-order valence-electron chi connectivity index (χ4n) is 2.16. The highest BCUT2D eigenvalue weighted by molar-refractivity contribution is 5.79. The number of hydrogen-bond donors (Lipinski definition) is 1. The van der Waals surface area contributed by atoms with Crippen LogP contribution < -0.4 is 0 Å². The van der Waals surface area contributed by atoms with Crippen molar-refractivity contribution in [2.75, 3.05) is 7.05 Å². The van der Waals surface area contributed by atoms with Crippen LogP contribution in [0.4, 0.5) is 0 Å². The van der Waals surface area contributed by atoms with Crippen molar-refractivity contribution in [1.29, 1.82) is 0 Å². The summed E-state index contributed by atoms with van der Waals surface area (Å²) in [6.07, 6.45) is 0.370. The van der Waals surface area contributed by atoms with E-state index in [1.54, 1.807) is 24.1 Å². The first-order valence-electron chi connectivity index (χ1n) is 6.67. The molecule has 20 heavy (non-hydrogen) atoms. The van der Waals surface area contributed by atoms with Crippen molar-refractivity contribution < 1.29 is 9.90 Å². The lowest BCUT2D eigenvalue weighted by molar-refractivity contribution is -0.131. The molecule has 0 aliphatic rings. The van der Waals surface area contributed by atoms with Gasteiger partial charge in [0, 0.05) is 12.6 Å². The molecule has 0 aromatic heterocycles. The lowest BCUT2D eigenvalue weighted by atomic mass is 10.0. The maximum atomic E-state index is 12.3. The van der Waals surface area contributed by atoms with Crippen LogP contribution >= 0.6 is 0 Å². The quantitative estimate of drug-likeness (QED) is 0.926. The number of rotatable bonds is 4. The van der Waals surface area contributed by atoms with Crippen molar-refractivity contribution in [3.05, 3.63) is 65.7 Å². The predicted molar refractivity (Wildman–Crippen MR) is 79.4 cm³/mol. The Morgan fingerprint density at radius 2 is 1.70 bits per heavy atom. The van der Waals surface area contributed by atoms with Crippen LogP contribution in [0.25, 0.3) is 0 Å². The van der Waals surface area contributed by atoms with Gasteiger partial charge >= 0.3 is 0 Å². The van der Waals surface area contributed by atoms with Crippen molar-refractivity contribution in [2.24, 2.45) is 0 Å². The first-order chi connectivity index (χ1) is 9.59. The number of amides is 1. The first kappa shape index (κ1) is 14.1. The molecule has 1 amide bonds. The summed E-state index contributed by atoms with van der Waals surface area (Å²) in [6.45, 7) is 1.91. The summed E-state index contributed by atoms with van der Waals surface area (Å²) < 4.78 is 0. The van der Waals surface area contributed by atoms with Gasteiger partial charge in [-0.2, -0.15) is 0 Å². The minimum absolute atomic E-state index is 0.0342. The number of hydrogen-bond acceptors (Lipinski definition) is 2. The van der Waals surface area contributed by atoms with Crippen molar-refractivity contribution in [1.82, 2.24) is 4.90 Å². The van der Waals surface area contributed by atoms with E-state index in [0.717, 1.165) is 11.1 Å². The summed E-state index contributed by atoms with van der Waals surface area (Å²) in [6, 6.07) is 16.6. The summed E-state index contributed by atoms with van der Waals surface area (Å²) >= 11 is 0. The molecule has 0 radical (unpaired) electrons. The molecule has 3 heteroatoms. The van der Waals surface area contributed by atoms with Crippen LogP contribution in [-0.4, -0.2) is 23.0 Å². The Kier molecular flexibility index (Phi) is 4.41. The number of para-hydroxylation sites is 1. The molecule has 2 aromatic carbocycles. The van der Waals surface area contributed by atoms with Gasteiger partial charge in [-0.15, -0.1) is 0 Å². The summed E-state index contributed by atoms with van der Waals surface area (Å²) in [4.78, 5) is 14.0. The van der Waals surface area contributed by atoms with Gasteiger partial charge in [-0.1, -0.05) is 48.5 Å². The minimum Gasteiger partial charge on any atom is -0.508 e. The SMILES string of the molecule is CC(c1ccccc1O)N(C)C(=O)Cc1ccccc1. The van der Waals surface area contributed by atoms with Gasteiger partial charge in [0.05, 0.1) is 12.5 Å². The molecule has 0 saturated carbocycles. The van der Waals surface area contributed by atoms with E-state index in [-0.39, 0.29) is 17.7 Å². The molecular formula is C17H19NO2. The number of aromatic hydroxyl groups is 1. The van der Waals surface area contributed by atoms with Crippen LogP contribution in [0, 0.1) is 0 Å². The Hall–Kier alpha value is -2.29. The normalized spacial score (nSPS) is 11.9. The summed E-state index contributed by atoms with van der Waals surface area (Å²) in [5, 5.41) is 9.86. The third-order valence-electron chi connectivity index (χ3n) is 3.56. The monoisotopic (exact) mass is 269 g/mol. The third kappa shape index (κ3) is 3.18. The van der Waals surface area contributed by atoms with Crippen LogP contribution in [0.3, 0.4) is 0 Å². The average Bonchev–Trinajstić information content (AvgIpc) is 2.47. The lowest BCUT2D eigenvalue weighted by Gasteiger charge is -2.26. The highest BCUT2D eigenvalue weighted by Gasteiger charge is 2.19. The Morgan fingerprint density at radius 1 is 1.10 bits per heavy atom. The summed E-state index contributed by atoms with van der Waals surface area (Å²) in [5.74, 6) is 0.256.